The normalized spacial score (nSPS) is 13.8. The second-order valence-electron chi connectivity index (χ2n) is 4.11. The van der Waals surface area contributed by atoms with Crippen molar-refractivity contribution in [3.63, 3.8) is 0 Å². The maximum Gasteiger partial charge on any atom is 0.406 e. The third-order valence-corrected chi connectivity index (χ3v) is 2.75. The molecule has 0 saturated carbocycles. The van der Waals surface area contributed by atoms with Crippen LogP contribution < -0.4 is 0 Å². The number of hydrogen-bond acceptors (Lipinski definition) is 1. The van der Waals surface area contributed by atoms with E-state index >= 15 is 0 Å². The van der Waals surface area contributed by atoms with E-state index in [4.69, 9.17) is 5.11 Å². The lowest BCUT2D eigenvalue weighted by molar-refractivity contribution is -0.176. The Morgan fingerprint density at radius 3 is 2.61 bits per heavy atom. The van der Waals surface area contributed by atoms with Gasteiger partial charge in [0.2, 0.25) is 0 Å². The Morgan fingerprint density at radius 1 is 1.39 bits per heavy atom. The van der Waals surface area contributed by atoms with E-state index in [1.165, 1.54) is 6.07 Å². The Morgan fingerprint density at radius 2 is 2.06 bits per heavy atom. The number of carboxylic acids is 1. The summed E-state index contributed by atoms with van der Waals surface area (Å²) in [4.78, 5) is 13.5. The molecule has 1 unspecified atom stereocenters. The number of benzene rings is 1. The highest BCUT2D eigenvalue weighted by atomic mass is 19.4. The first kappa shape index (κ1) is 12.5. The largest absolute Gasteiger partial charge is 0.481 e. The molecule has 1 atom stereocenters. The number of carboxylic acid groups (broad SMARTS) is 1. The zero-order valence-corrected chi connectivity index (χ0v) is 9.38. The quantitative estimate of drug-likeness (QED) is 0.867. The lowest BCUT2D eigenvalue weighted by atomic mass is 9.97. The molecule has 0 spiro atoms. The number of H-pyrrole nitrogens is 1. The highest BCUT2D eigenvalue weighted by molar-refractivity contribution is 5.90. The smallest absolute Gasteiger partial charge is 0.406 e. The summed E-state index contributed by atoms with van der Waals surface area (Å²) < 4.78 is 38.2. The fourth-order valence-corrected chi connectivity index (χ4v) is 1.95. The number of fused-ring (bicyclic) bond motifs is 1. The van der Waals surface area contributed by atoms with E-state index < -0.39 is 18.1 Å². The first-order valence-corrected chi connectivity index (χ1v) is 5.18. The van der Waals surface area contributed by atoms with E-state index in [0.29, 0.717) is 5.52 Å². The number of halogens is 3. The average Bonchev–Trinajstić information content (AvgIpc) is 2.58. The minimum atomic E-state index is -4.81. The topological polar surface area (TPSA) is 53.1 Å². The van der Waals surface area contributed by atoms with Crippen molar-refractivity contribution < 1.29 is 23.1 Å². The van der Waals surface area contributed by atoms with Crippen molar-refractivity contribution in [1.29, 1.82) is 0 Å². The first-order valence-electron chi connectivity index (χ1n) is 5.18. The molecule has 0 amide bonds. The van der Waals surface area contributed by atoms with E-state index in [-0.39, 0.29) is 10.9 Å². The summed E-state index contributed by atoms with van der Waals surface area (Å²) in [5, 5.41) is 9.04. The second kappa shape index (κ2) is 4.04. The molecule has 6 heteroatoms. The van der Waals surface area contributed by atoms with Gasteiger partial charge in [0.15, 0.2) is 5.92 Å². The van der Waals surface area contributed by atoms with E-state index in [2.05, 4.69) is 4.98 Å². The summed E-state index contributed by atoms with van der Waals surface area (Å²) >= 11 is 0. The standard InChI is InChI=1S/C12H10F3NO2/c1-6-2-3-7-8(5-16-9(7)4-6)10(11(17)18)12(13,14)15/h2-5,10,16H,1H3,(H,17,18). The van der Waals surface area contributed by atoms with Gasteiger partial charge in [-0.25, -0.2) is 0 Å². The molecule has 0 fully saturated rings. The highest BCUT2D eigenvalue weighted by Gasteiger charge is 2.47. The molecule has 2 aromatic rings. The molecule has 0 aliphatic carbocycles. The average molecular weight is 257 g/mol. The van der Waals surface area contributed by atoms with Crippen LogP contribution in [0.4, 0.5) is 13.2 Å². The van der Waals surface area contributed by atoms with Crippen LogP contribution in [0.25, 0.3) is 10.9 Å². The number of nitrogens with one attached hydrogen (secondary N) is 1. The molecule has 0 aliphatic heterocycles. The number of alkyl halides is 3. The van der Waals surface area contributed by atoms with E-state index in [1.807, 2.05) is 0 Å². The predicted octanol–water partition coefficient (Wildman–Crippen LogP) is 3.21. The van der Waals surface area contributed by atoms with E-state index in [0.717, 1.165) is 11.8 Å². The summed E-state index contributed by atoms with van der Waals surface area (Å²) in [5.41, 5.74) is 1.13. The summed E-state index contributed by atoms with van der Waals surface area (Å²) in [6, 6.07) is 4.82. The molecule has 0 saturated heterocycles. The van der Waals surface area contributed by atoms with Gasteiger partial charge in [0.05, 0.1) is 0 Å². The molecule has 0 radical (unpaired) electrons. The Balaban J connectivity index is 2.62. The molecule has 96 valence electrons. The minimum absolute atomic E-state index is 0.259. The lowest BCUT2D eigenvalue weighted by Gasteiger charge is -2.15. The molecule has 1 aromatic heterocycles. The number of aryl methyl sites for hydroxylation is 1. The van der Waals surface area contributed by atoms with Crippen molar-refractivity contribution in [2.75, 3.05) is 0 Å². The van der Waals surface area contributed by atoms with Gasteiger partial charge in [0.1, 0.15) is 0 Å². The summed E-state index contributed by atoms with van der Waals surface area (Å²) in [7, 11) is 0. The number of hydrogen-bond donors (Lipinski definition) is 2. The number of aromatic nitrogens is 1. The van der Waals surface area contributed by atoms with Gasteiger partial charge in [-0.1, -0.05) is 12.1 Å². The molecule has 0 bridgehead atoms. The maximum atomic E-state index is 12.7. The van der Waals surface area contributed by atoms with Crippen molar-refractivity contribution in [2.45, 2.75) is 19.0 Å². The fraction of sp³-hybridized carbons (Fsp3) is 0.250. The summed E-state index contributed by atoms with van der Waals surface area (Å²) in [6.07, 6.45) is -3.71. The third kappa shape index (κ3) is 2.05. The van der Waals surface area contributed by atoms with Crippen LogP contribution in [0.1, 0.15) is 17.0 Å². The van der Waals surface area contributed by atoms with Gasteiger partial charge in [0.25, 0.3) is 0 Å². The van der Waals surface area contributed by atoms with Gasteiger partial charge < -0.3 is 10.1 Å². The van der Waals surface area contributed by atoms with Gasteiger partial charge in [-0.05, 0) is 18.6 Å². The Bertz CT molecular complexity index is 601. The van der Waals surface area contributed by atoms with Crippen molar-refractivity contribution in [1.82, 2.24) is 4.98 Å². The van der Waals surface area contributed by atoms with Crippen LogP contribution in [0.5, 0.6) is 0 Å². The van der Waals surface area contributed by atoms with Gasteiger partial charge in [-0.3, -0.25) is 4.79 Å². The third-order valence-electron chi connectivity index (χ3n) is 2.75. The van der Waals surface area contributed by atoms with Crippen LogP contribution in [0.3, 0.4) is 0 Å². The molecule has 2 rings (SSSR count). The zero-order valence-electron chi connectivity index (χ0n) is 9.38. The molecule has 0 aliphatic rings. The minimum Gasteiger partial charge on any atom is -0.481 e. The molecule has 18 heavy (non-hydrogen) atoms. The zero-order chi connectivity index (χ0) is 13.5. The van der Waals surface area contributed by atoms with Crippen LogP contribution in [0.15, 0.2) is 24.4 Å². The summed E-state index contributed by atoms with van der Waals surface area (Å²) in [6.45, 7) is 1.80. The molecular weight excluding hydrogens is 247 g/mol. The highest BCUT2D eigenvalue weighted by Crippen LogP contribution is 2.38. The molecule has 3 nitrogen and oxygen atoms in total. The van der Waals surface area contributed by atoms with Crippen molar-refractivity contribution in [3.8, 4) is 0 Å². The van der Waals surface area contributed by atoms with Gasteiger partial charge in [0, 0.05) is 22.7 Å². The second-order valence-corrected chi connectivity index (χ2v) is 4.11. The van der Waals surface area contributed by atoms with E-state index in [1.54, 1.807) is 19.1 Å². The molecule has 2 N–H and O–H groups in total. The lowest BCUT2D eigenvalue weighted by Crippen LogP contribution is -2.28. The van der Waals surface area contributed by atoms with Crippen molar-refractivity contribution in [2.24, 2.45) is 0 Å². The van der Waals surface area contributed by atoms with Crippen LogP contribution in [-0.4, -0.2) is 22.2 Å². The van der Waals surface area contributed by atoms with Crippen LogP contribution >= 0.6 is 0 Å². The van der Waals surface area contributed by atoms with Gasteiger partial charge in [-0.2, -0.15) is 13.2 Å². The maximum absolute atomic E-state index is 12.7. The Kier molecular flexibility index (Phi) is 2.80. The fourth-order valence-electron chi connectivity index (χ4n) is 1.95. The SMILES string of the molecule is Cc1ccc2c(C(C(=O)O)C(F)(F)F)c[nH]c2c1. The van der Waals surface area contributed by atoms with Gasteiger partial charge in [-0.15, -0.1) is 0 Å². The van der Waals surface area contributed by atoms with Crippen LogP contribution in [0, 0.1) is 6.92 Å². The first-order chi connectivity index (χ1) is 8.30. The Labute approximate surface area is 100 Å². The van der Waals surface area contributed by atoms with E-state index in [9.17, 15) is 18.0 Å². The Hall–Kier alpha value is -1.98. The summed E-state index contributed by atoms with van der Waals surface area (Å²) in [5.74, 6) is -4.40. The number of aliphatic carboxylic acids is 1. The van der Waals surface area contributed by atoms with Crippen LogP contribution in [0.2, 0.25) is 0 Å². The number of aromatic amines is 1. The van der Waals surface area contributed by atoms with Crippen molar-refractivity contribution in [3.05, 3.63) is 35.5 Å². The molecular formula is C12H10F3NO2. The number of carbonyl (C=O) groups is 1. The number of rotatable bonds is 2. The molecule has 1 heterocycles. The van der Waals surface area contributed by atoms with Gasteiger partial charge >= 0.3 is 12.1 Å². The molecule has 1 aromatic carbocycles. The predicted molar refractivity (Wildman–Crippen MR) is 59.5 cm³/mol. The van der Waals surface area contributed by atoms with Crippen LogP contribution in [-0.2, 0) is 4.79 Å². The van der Waals surface area contributed by atoms with Crippen molar-refractivity contribution >= 4 is 16.9 Å². The monoisotopic (exact) mass is 257 g/mol.